The molecular formula is C23H29ClN4O4. The number of carbonyl (C=O) groups is 2. The van der Waals surface area contributed by atoms with Crippen LogP contribution >= 0.6 is 11.6 Å². The Hall–Kier alpha value is -2.50. The first-order valence-corrected chi connectivity index (χ1v) is 11.6. The molecule has 1 spiro atoms. The summed E-state index contributed by atoms with van der Waals surface area (Å²) in [6.07, 6.45) is 11.1. The van der Waals surface area contributed by atoms with Gasteiger partial charge in [-0.05, 0) is 51.0 Å². The summed E-state index contributed by atoms with van der Waals surface area (Å²) in [6, 6.07) is 1.78. The number of nitrogens with zero attached hydrogens (tertiary/aromatic N) is 4. The van der Waals surface area contributed by atoms with Crippen molar-refractivity contribution in [2.75, 3.05) is 36.0 Å². The quantitative estimate of drug-likeness (QED) is 0.670. The van der Waals surface area contributed by atoms with Gasteiger partial charge in [0, 0.05) is 25.7 Å². The number of carboxylic acid groups (broad SMARTS) is 1. The van der Waals surface area contributed by atoms with Gasteiger partial charge in [-0.1, -0.05) is 17.5 Å². The van der Waals surface area contributed by atoms with Crippen LogP contribution in [0, 0.1) is 17.8 Å². The lowest BCUT2D eigenvalue weighted by Crippen LogP contribution is -2.50. The zero-order valence-corrected chi connectivity index (χ0v) is 18.8. The molecule has 0 radical (unpaired) electrons. The highest BCUT2D eigenvalue weighted by Gasteiger charge is 2.51. The number of halogens is 1. The fourth-order valence-electron chi connectivity index (χ4n) is 5.42. The number of anilines is 2. The van der Waals surface area contributed by atoms with Crippen molar-refractivity contribution in [3.8, 4) is 12.3 Å². The molecule has 3 aliphatic rings. The van der Waals surface area contributed by atoms with Crippen LogP contribution in [0.25, 0.3) is 0 Å². The number of hydrogen-bond acceptors (Lipinski definition) is 5. The van der Waals surface area contributed by atoms with Crippen molar-refractivity contribution >= 4 is 35.1 Å². The largest absolute Gasteiger partial charge is 0.465 e. The molecule has 1 aromatic heterocycles. The number of hydrogen-bond donors (Lipinski definition) is 2. The number of carbonyl (C=O) groups excluding carboxylic acids is 1. The van der Waals surface area contributed by atoms with Crippen LogP contribution in [-0.2, 0) is 4.79 Å². The summed E-state index contributed by atoms with van der Waals surface area (Å²) in [7, 11) is 0. The molecule has 9 heteroatoms. The van der Waals surface area contributed by atoms with Crippen LogP contribution in [0.3, 0.4) is 0 Å². The number of aliphatic hydroxyl groups excluding tert-OH is 1. The summed E-state index contributed by atoms with van der Waals surface area (Å²) in [5.74, 6) is 3.10. The van der Waals surface area contributed by atoms with E-state index in [0.717, 1.165) is 62.9 Å². The maximum absolute atomic E-state index is 13.5. The molecule has 32 heavy (non-hydrogen) atoms. The summed E-state index contributed by atoms with van der Waals surface area (Å²) >= 11 is 6.51. The smallest absolute Gasteiger partial charge is 0.412 e. The van der Waals surface area contributed by atoms with Gasteiger partial charge in [-0.3, -0.25) is 9.69 Å². The highest BCUT2D eigenvalue weighted by Crippen LogP contribution is 2.44. The molecule has 1 saturated carbocycles. The Balaban J connectivity index is 1.50. The van der Waals surface area contributed by atoms with Crippen molar-refractivity contribution in [3.05, 3.63) is 17.3 Å². The van der Waals surface area contributed by atoms with Gasteiger partial charge in [0.15, 0.2) is 0 Å². The Labute approximate surface area is 193 Å². The molecule has 2 amide bonds. The van der Waals surface area contributed by atoms with Crippen molar-refractivity contribution in [2.24, 2.45) is 5.41 Å². The molecule has 3 fully saturated rings. The van der Waals surface area contributed by atoms with E-state index in [9.17, 15) is 19.8 Å². The van der Waals surface area contributed by atoms with Crippen molar-refractivity contribution < 1.29 is 19.8 Å². The number of likely N-dealkylation sites (tertiary alicyclic amines) is 1. The van der Waals surface area contributed by atoms with E-state index in [-0.39, 0.29) is 24.6 Å². The normalized spacial score (nSPS) is 28.1. The van der Waals surface area contributed by atoms with E-state index in [0.29, 0.717) is 23.1 Å². The highest BCUT2D eigenvalue weighted by atomic mass is 35.5. The molecule has 4 rings (SSSR count). The van der Waals surface area contributed by atoms with E-state index in [1.54, 1.807) is 6.07 Å². The van der Waals surface area contributed by atoms with Crippen LogP contribution in [0.1, 0.15) is 44.9 Å². The minimum Gasteiger partial charge on any atom is -0.465 e. The van der Waals surface area contributed by atoms with Gasteiger partial charge in [-0.2, -0.15) is 0 Å². The van der Waals surface area contributed by atoms with Gasteiger partial charge in [0.1, 0.15) is 5.82 Å². The summed E-state index contributed by atoms with van der Waals surface area (Å²) in [5.41, 5.74) is -0.118. The summed E-state index contributed by atoms with van der Waals surface area (Å²) in [6.45, 7) is 1.95. The third-order valence-electron chi connectivity index (χ3n) is 7.13. The highest BCUT2D eigenvalue weighted by molar-refractivity contribution is 6.33. The summed E-state index contributed by atoms with van der Waals surface area (Å²) in [4.78, 5) is 34.5. The lowest BCUT2D eigenvalue weighted by atomic mass is 9.78. The average Bonchev–Trinajstić information content (AvgIpc) is 3.07. The first kappa shape index (κ1) is 22.7. The SMILES string of the molecule is C#CCN(C(=O)O)c1cnc(N2CCCC3(CCN([C@H]4CC[C@@H](O)CC4)C3=O)C2)c(Cl)c1. The molecular weight excluding hydrogens is 432 g/mol. The monoisotopic (exact) mass is 460 g/mol. The average molecular weight is 461 g/mol. The van der Waals surface area contributed by atoms with Crippen molar-refractivity contribution in [1.82, 2.24) is 9.88 Å². The van der Waals surface area contributed by atoms with Gasteiger partial charge < -0.3 is 20.0 Å². The lowest BCUT2D eigenvalue weighted by molar-refractivity contribution is -0.139. The Morgan fingerprint density at radius 2 is 2.06 bits per heavy atom. The number of piperidine rings is 1. The second kappa shape index (κ2) is 9.16. The van der Waals surface area contributed by atoms with Gasteiger partial charge in [0.25, 0.3) is 0 Å². The minimum absolute atomic E-state index is 0.0952. The van der Waals surface area contributed by atoms with Gasteiger partial charge in [-0.15, -0.1) is 6.42 Å². The lowest BCUT2D eigenvalue weighted by Gasteiger charge is -2.41. The summed E-state index contributed by atoms with van der Waals surface area (Å²) < 4.78 is 0. The Kier molecular flexibility index (Phi) is 6.50. The molecule has 2 saturated heterocycles. The third-order valence-corrected chi connectivity index (χ3v) is 7.41. The second-order valence-electron chi connectivity index (χ2n) is 9.09. The predicted molar refractivity (Wildman–Crippen MR) is 122 cm³/mol. The topological polar surface area (TPSA) is 97.2 Å². The van der Waals surface area contributed by atoms with Crippen LogP contribution in [-0.4, -0.2) is 70.4 Å². The van der Waals surface area contributed by atoms with E-state index >= 15 is 0 Å². The van der Waals surface area contributed by atoms with Crippen LogP contribution < -0.4 is 9.80 Å². The molecule has 1 aromatic rings. The number of amides is 2. The maximum Gasteiger partial charge on any atom is 0.412 e. The van der Waals surface area contributed by atoms with Crippen LogP contribution in [0.4, 0.5) is 16.3 Å². The minimum atomic E-state index is -1.17. The van der Waals surface area contributed by atoms with E-state index in [4.69, 9.17) is 18.0 Å². The van der Waals surface area contributed by atoms with E-state index < -0.39 is 11.5 Å². The molecule has 3 heterocycles. The molecule has 172 valence electrons. The molecule has 1 atom stereocenters. The molecule has 1 aliphatic carbocycles. The Morgan fingerprint density at radius 3 is 2.72 bits per heavy atom. The van der Waals surface area contributed by atoms with Crippen LogP contribution in [0.2, 0.25) is 5.02 Å². The van der Waals surface area contributed by atoms with Crippen molar-refractivity contribution in [3.63, 3.8) is 0 Å². The van der Waals surface area contributed by atoms with Crippen molar-refractivity contribution in [1.29, 1.82) is 0 Å². The standard InChI is InChI=1S/C23H29ClN4O4/c1-2-10-28(22(31)32)17-13-19(24)20(25-14-17)26-11-3-8-23(15-26)9-12-27(21(23)30)16-4-6-18(29)7-5-16/h1,13-14,16,18,29H,3-12,15H2,(H,31,32)/t16-,18+,23?. The van der Waals surface area contributed by atoms with E-state index in [1.165, 1.54) is 6.20 Å². The molecule has 1 unspecified atom stereocenters. The fourth-order valence-corrected chi connectivity index (χ4v) is 5.70. The Morgan fingerprint density at radius 1 is 1.31 bits per heavy atom. The second-order valence-corrected chi connectivity index (χ2v) is 9.50. The zero-order chi connectivity index (χ0) is 22.9. The van der Waals surface area contributed by atoms with Gasteiger partial charge in [0.2, 0.25) is 5.91 Å². The molecule has 0 aromatic carbocycles. The molecule has 2 aliphatic heterocycles. The van der Waals surface area contributed by atoms with E-state index in [2.05, 4.69) is 10.9 Å². The zero-order valence-electron chi connectivity index (χ0n) is 18.0. The molecule has 8 nitrogen and oxygen atoms in total. The number of pyridine rings is 1. The summed E-state index contributed by atoms with van der Waals surface area (Å²) in [5, 5.41) is 19.5. The first-order chi connectivity index (χ1) is 15.3. The van der Waals surface area contributed by atoms with Crippen molar-refractivity contribution in [2.45, 2.75) is 57.1 Å². The van der Waals surface area contributed by atoms with Crippen LogP contribution in [0.5, 0.6) is 0 Å². The predicted octanol–water partition coefficient (Wildman–Crippen LogP) is 2.98. The first-order valence-electron chi connectivity index (χ1n) is 11.2. The number of aromatic nitrogens is 1. The number of rotatable bonds is 4. The van der Waals surface area contributed by atoms with Gasteiger partial charge >= 0.3 is 6.09 Å². The van der Waals surface area contributed by atoms with Gasteiger partial charge in [0.05, 0.1) is 35.0 Å². The molecule has 2 N–H and O–H groups in total. The fraction of sp³-hybridized carbons (Fsp3) is 0.609. The number of terminal acetylenes is 1. The third kappa shape index (κ3) is 4.24. The van der Waals surface area contributed by atoms with Crippen LogP contribution in [0.15, 0.2) is 12.3 Å². The molecule has 0 bridgehead atoms. The van der Waals surface area contributed by atoms with E-state index in [1.807, 2.05) is 9.80 Å². The Bertz CT molecular complexity index is 927. The van der Waals surface area contributed by atoms with Gasteiger partial charge in [-0.25, -0.2) is 9.78 Å². The maximum atomic E-state index is 13.5. The number of aliphatic hydroxyl groups is 1.